The molecule has 0 saturated carbocycles. The Hall–Kier alpha value is -1.83. The number of nitrogens with one attached hydrogen (secondary N) is 1. The molecule has 1 aromatic carbocycles. The maximum Gasteiger partial charge on any atom is 0.337 e. The van der Waals surface area contributed by atoms with E-state index in [-0.39, 0.29) is 26.2 Å². The molecular weight excluding hydrogens is 339 g/mol. The number of benzene rings is 1. The minimum absolute atomic E-state index is 0.00450. The highest BCUT2D eigenvalue weighted by atomic mass is 35.5. The summed E-state index contributed by atoms with van der Waals surface area (Å²) in [5.41, 5.74) is -0.161. The second-order valence-corrected chi connectivity index (χ2v) is 6.38. The minimum Gasteiger partial charge on any atom is -0.478 e. The molecule has 110 valence electrons. The Morgan fingerprint density at radius 2 is 1.90 bits per heavy atom. The number of hydrogen-bond donors (Lipinski definition) is 2. The Kier molecular flexibility index (Phi) is 4.36. The van der Waals surface area contributed by atoms with Gasteiger partial charge in [0, 0.05) is 18.1 Å². The van der Waals surface area contributed by atoms with Gasteiger partial charge in [-0.2, -0.15) is 0 Å². The van der Waals surface area contributed by atoms with Crippen LogP contribution in [0.15, 0.2) is 41.6 Å². The summed E-state index contributed by atoms with van der Waals surface area (Å²) in [5, 5.41) is 8.97. The van der Waals surface area contributed by atoms with Gasteiger partial charge < -0.3 is 5.11 Å². The van der Waals surface area contributed by atoms with Gasteiger partial charge in [0.1, 0.15) is 4.90 Å². The second kappa shape index (κ2) is 5.88. The SMILES string of the molecule is O=C(O)c1cc(NS(=O)(=O)c2cnccc2Cl)ccc1Cl. The van der Waals surface area contributed by atoms with E-state index < -0.39 is 16.0 Å². The summed E-state index contributed by atoms with van der Waals surface area (Å²) in [6.45, 7) is 0. The Bertz CT molecular complexity index is 809. The predicted molar refractivity (Wildman–Crippen MR) is 78.5 cm³/mol. The van der Waals surface area contributed by atoms with Gasteiger partial charge >= 0.3 is 5.97 Å². The number of rotatable bonds is 4. The van der Waals surface area contributed by atoms with Crippen molar-refractivity contribution >= 4 is 44.9 Å². The first-order chi connectivity index (χ1) is 9.81. The lowest BCUT2D eigenvalue weighted by molar-refractivity contribution is 0.0697. The highest BCUT2D eigenvalue weighted by Gasteiger charge is 2.19. The van der Waals surface area contributed by atoms with Crippen molar-refractivity contribution in [3.05, 3.63) is 52.3 Å². The van der Waals surface area contributed by atoms with E-state index in [1.807, 2.05) is 0 Å². The molecule has 1 aromatic heterocycles. The van der Waals surface area contributed by atoms with Gasteiger partial charge in [0.15, 0.2) is 0 Å². The van der Waals surface area contributed by atoms with Crippen molar-refractivity contribution in [1.29, 1.82) is 0 Å². The quantitative estimate of drug-likeness (QED) is 0.887. The molecule has 2 aromatic rings. The summed E-state index contributed by atoms with van der Waals surface area (Å²) in [6, 6.07) is 5.08. The number of carboxylic acids is 1. The predicted octanol–water partition coefficient (Wildman–Crippen LogP) is 2.89. The van der Waals surface area contributed by atoms with Crippen LogP contribution >= 0.6 is 23.2 Å². The van der Waals surface area contributed by atoms with Crippen molar-refractivity contribution in [2.75, 3.05) is 4.72 Å². The van der Waals surface area contributed by atoms with E-state index in [0.29, 0.717) is 0 Å². The molecule has 2 N–H and O–H groups in total. The van der Waals surface area contributed by atoms with Gasteiger partial charge in [-0.25, -0.2) is 13.2 Å². The molecule has 2 rings (SSSR count). The molecule has 21 heavy (non-hydrogen) atoms. The number of pyridine rings is 1. The van der Waals surface area contributed by atoms with Crippen LogP contribution < -0.4 is 4.72 Å². The summed E-state index contributed by atoms with van der Waals surface area (Å²) >= 11 is 11.5. The summed E-state index contributed by atoms with van der Waals surface area (Å²) in [6.07, 6.45) is 2.45. The Labute approximate surface area is 130 Å². The average molecular weight is 347 g/mol. The second-order valence-electron chi connectivity index (χ2n) is 3.91. The van der Waals surface area contributed by atoms with Gasteiger partial charge in [-0.15, -0.1) is 0 Å². The number of halogens is 2. The van der Waals surface area contributed by atoms with E-state index in [1.165, 1.54) is 24.4 Å². The lowest BCUT2D eigenvalue weighted by Crippen LogP contribution is -2.14. The molecule has 0 atom stereocenters. The van der Waals surface area contributed by atoms with Crippen LogP contribution in [0.2, 0.25) is 10.0 Å². The van der Waals surface area contributed by atoms with Crippen molar-refractivity contribution in [3.63, 3.8) is 0 Å². The Balaban J connectivity index is 2.40. The zero-order chi connectivity index (χ0) is 15.6. The minimum atomic E-state index is -3.98. The van der Waals surface area contributed by atoms with Crippen LogP contribution in [0.4, 0.5) is 5.69 Å². The zero-order valence-electron chi connectivity index (χ0n) is 10.2. The number of sulfonamides is 1. The van der Waals surface area contributed by atoms with E-state index in [1.54, 1.807) is 0 Å². The van der Waals surface area contributed by atoms with Crippen LogP contribution in [0.3, 0.4) is 0 Å². The average Bonchev–Trinajstić information content (AvgIpc) is 2.40. The monoisotopic (exact) mass is 346 g/mol. The first kappa shape index (κ1) is 15.6. The molecule has 0 bridgehead atoms. The number of aromatic nitrogens is 1. The number of aromatic carboxylic acids is 1. The van der Waals surface area contributed by atoms with Gasteiger partial charge in [-0.3, -0.25) is 9.71 Å². The molecule has 0 radical (unpaired) electrons. The fraction of sp³-hybridized carbons (Fsp3) is 0. The van der Waals surface area contributed by atoms with Crippen molar-refractivity contribution in [1.82, 2.24) is 4.98 Å². The van der Waals surface area contributed by atoms with E-state index in [9.17, 15) is 13.2 Å². The Morgan fingerprint density at radius 3 is 2.52 bits per heavy atom. The molecule has 0 aliphatic rings. The molecule has 1 heterocycles. The molecule has 9 heteroatoms. The van der Waals surface area contributed by atoms with Crippen LogP contribution in [0.5, 0.6) is 0 Å². The molecule has 0 fully saturated rings. The summed E-state index contributed by atoms with van der Waals surface area (Å²) in [7, 11) is -3.98. The molecular formula is C12H8Cl2N2O4S. The van der Waals surface area contributed by atoms with Gasteiger partial charge in [-0.1, -0.05) is 23.2 Å². The smallest absolute Gasteiger partial charge is 0.337 e. The molecule has 0 amide bonds. The Morgan fingerprint density at radius 1 is 1.19 bits per heavy atom. The zero-order valence-corrected chi connectivity index (χ0v) is 12.6. The fourth-order valence-electron chi connectivity index (χ4n) is 1.52. The van der Waals surface area contributed by atoms with E-state index in [2.05, 4.69) is 9.71 Å². The maximum atomic E-state index is 12.2. The van der Waals surface area contributed by atoms with Gasteiger partial charge in [0.25, 0.3) is 10.0 Å². The third kappa shape index (κ3) is 3.44. The number of nitrogens with zero attached hydrogens (tertiary/aromatic N) is 1. The van der Waals surface area contributed by atoms with Crippen LogP contribution in [0.25, 0.3) is 0 Å². The van der Waals surface area contributed by atoms with Gasteiger partial charge in [-0.05, 0) is 24.3 Å². The van der Waals surface area contributed by atoms with Crippen molar-refractivity contribution in [3.8, 4) is 0 Å². The normalized spacial score (nSPS) is 11.1. The van der Waals surface area contributed by atoms with E-state index in [4.69, 9.17) is 28.3 Å². The third-order valence-corrected chi connectivity index (χ3v) is 4.65. The molecule has 0 aliphatic carbocycles. The number of anilines is 1. The van der Waals surface area contributed by atoms with Crippen molar-refractivity contribution in [2.24, 2.45) is 0 Å². The summed E-state index contributed by atoms with van der Waals surface area (Å²) in [5.74, 6) is -1.26. The van der Waals surface area contributed by atoms with Crippen LogP contribution in [-0.4, -0.2) is 24.5 Å². The number of hydrogen-bond acceptors (Lipinski definition) is 4. The maximum absolute atomic E-state index is 12.2. The fourth-order valence-corrected chi connectivity index (χ4v) is 3.20. The standard InChI is InChI=1S/C12H8Cl2N2O4S/c13-9-2-1-7(5-8(9)12(17)18)16-21(19,20)11-6-15-4-3-10(11)14/h1-6,16H,(H,17,18). The summed E-state index contributed by atoms with van der Waals surface area (Å²) in [4.78, 5) is 14.5. The highest BCUT2D eigenvalue weighted by Crippen LogP contribution is 2.25. The van der Waals surface area contributed by atoms with E-state index >= 15 is 0 Å². The molecule has 6 nitrogen and oxygen atoms in total. The molecule has 0 aliphatic heterocycles. The summed E-state index contributed by atoms with van der Waals surface area (Å²) < 4.78 is 26.6. The van der Waals surface area contributed by atoms with Gasteiger partial charge in [0.05, 0.1) is 15.6 Å². The molecule has 0 spiro atoms. The van der Waals surface area contributed by atoms with Crippen LogP contribution in [0.1, 0.15) is 10.4 Å². The number of carbonyl (C=O) groups is 1. The highest BCUT2D eigenvalue weighted by molar-refractivity contribution is 7.92. The first-order valence-corrected chi connectivity index (χ1v) is 7.70. The van der Waals surface area contributed by atoms with Crippen LogP contribution in [-0.2, 0) is 10.0 Å². The van der Waals surface area contributed by atoms with Gasteiger partial charge in [0.2, 0.25) is 0 Å². The lowest BCUT2D eigenvalue weighted by Gasteiger charge is -2.10. The van der Waals surface area contributed by atoms with Crippen LogP contribution in [0, 0.1) is 0 Å². The first-order valence-electron chi connectivity index (χ1n) is 5.46. The topological polar surface area (TPSA) is 96.4 Å². The van der Waals surface area contributed by atoms with Crippen molar-refractivity contribution < 1.29 is 18.3 Å². The molecule has 0 saturated heterocycles. The number of carboxylic acid groups (broad SMARTS) is 1. The largest absolute Gasteiger partial charge is 0.478 e. The third-order valence-electron chi connectivity index (χ3n) is 2.47. The van der Waals surface area contributed by atoms with E-state index in [0.717, 1.165) is 12.3 Å². The molecule has 0 unspecified atom stereocenters. The van der Waals surface area contributed by atoms with Crippen molar-refractivity contribution in [2.45, 2.75) is 4.90 Å². The lowest BCUT2D eigenvalue weighted by atomic mass is 10.2.